The predicted octanol–water partition coefficient (Wildman–Crippen LogP) is 3.57. The van der Waals surface area contributed by atoms with E-state index in [1.165, 1.54) is 62.8 Å². The molecule has 2 nitrogen and oxygen atoms in total. The summed E-state index contributed by atoms with van der Waals surface area (Å²) in [5, 5.41) is 3.55. The van der Waals surface area contributed by atoms with Gasteiger partial charge in [0, 0.05) is 12.6 Å². The van der Waals surface area contributed by atoms with Crippen molar-refractivity contribution in [2.24, 2.45) is 0 Å². The SMILES string of the molecule is CN(CCCCCCNC1CC1)Cc1ccc(F)cc1. The fourth-order valence-corrected chi connectivity index (χ4v) is 2.43. The minimum absolute atomic E-state index is 0.156. The van der Waals surface area contributed by atoms with Gasteiger partial charge in [0.2, 0.25) is 0 Å². The zero-order valence-electron chi connectivity index (χ0n) is 12.6. The van der Waals surface area contributed by atoms with Crippen LogP contribution in [0.5, 0.6) is 0 Å². The molecule has 0 aliphatic heterocycles. The molecule has 112 valence electrons. The number of unbranched alkanes of at least 4 members (excludes halogenated alkanes) is 3. The van der Waals surface area contributed by atoms with Crippen molar-refractivity contribution in [3.8, 4) is 0 Å². The number of nitrogens with zero attached hydrogens (tertiary/aromatic N) is 1. The van der Waals surface area contributed by atoms with Crippen LogP contribution in [0.1, 0.15) is 44.1 Å². The van der Waals surface area contributed by atoms with Gasteiger partial charge in [-0.15, -0.1) is 0 Å². The Balaban J connectivity index is 1.46. The van der Waals surface area contributed by atoms with E-state index < -0.39 is 0 Å². The molecule has 1 fully saturated rings. The zero-order valence-corrected chi connectivity index (χ0v) is 12.6. The smallest absolute Gasteiger partial charge is 0.123 e. The van der Waals surface area contributed by atoms with E-state index in [-0.39, 0.29) is 5.82 Å². The Labute approximate surface area is 122 Å². The van der Waals surface area contributed by atoms with Crippen molar-refractivity contribution in [3.63, 3.8) is 0 Å². The second-order valence-corrected chi connectivity index (χ2v) is 6.01. The molecule has 0 unspecified atom stereocenters. The third-order valence-corrected chi connectivity index (χ3v) is 3.84. The van der Waals surface area contributed by atoms with Gasteiger partial charge in [-0.05, 0) is 63.5 Å². The second kappa shape index (κ2) is 8.38. The summed E-state index contributed by atoms with van der Waals surface area (Å²) in [5.41, 5.74) is 1.18. The van der Waals surface area contributed by atoms with Gasteiger partial charge >= 0.3 is 0 Å². The third-order valence-electron chi connectivity index (χ3n) is 3.84. The van der Waals surface area contributed by atoms with Crippen LogP contribution in [0.4, 0.5) is 4.39 Å². The quantitative estimate of drug-likeness (QED) is 0.658. The molecule has 0 saturated heterocycles. The normalized spacial score (nSPS) is 14.9. The van der Waals surface area contributed by atoms with Crippen LogP contribution in [0.15, 0.2) is 24.3 Å². The Morgan fingerprint density at radius 3 is 2.50 bits per heavy atom. The van der Waals surface area contributed by atoms with Gasteiger partial charge in [-0.3, -0.25) is 0 Å². The number of halogens is 1. The van der Waals surface area contributed by atoms with Crippen molar-refractivity contribution in [3.05, 3.63) is 35.6 Å². The highest BCUT2D eigenvalue weighted by molar-refractivity contribution is 5.15. The lowest BCUT2D eigenvalue weighted by Crippen LogP contribution is -2.19. The molecule has 3 heteroatoms. The van der Waals surface area contributed by atoms with Gasteiger partial charge in [-0.2, -0.15) is 0 Å². The maximum absolute atomic E-state index is 12.8. The standard InChI is InChI=1S/C17H27FN2/c1-20(14-15-6-8-16(18)9-7-15)13-5-3-2-4-12-19-17-10-11-17/h6-9,17,19H,2-5,10-14H2,1H3. The molecule has 0 spiro atoms. The number of hydrogen-bond acceptors (Lipinski definition) is 2. The van der Waals surface area contributed by atoms with E-state index in [4.69, 9.17) is 0 Å². The zero-order chi connectivity index (χ0) is 14.2. The van der Waals surface area contributed by atoms with Crippen LogP contribution in [0, 0.1) is 5.82 Å². The van der Waals surface area contributed by atoms with Crippen molar-refractivity contribution in [2.45, 2.75) is 51.1 Å². The lowest BCUT2D eigenvalue weighted by molar-refractivity contribution is 0.316. The summed E-state index contributed by atoms with van der Waals surface area (Å²) in [4.78, 5) is 2.32. The van der Waals surface area contributed by atoms with Crippen LogP contribution in [-0.4, -0.2) is 31.1 Å². The van der Waals surface area contributed by atoms with Gasteiger partial charge in [-0.25, -0.2) is 4.39 Å². The molecule has 0 radical (unpaired) electrons. The molecule has 0 heterocycles. The van der Waals surface area contributed by atoms with Crippen LogP contribution >= 0.6 is 0 Å². The van der Waals surface area contributed by atoms with Gasteiger partial charge in [0.05, 0.1) is 0 Å². The van der Waals surface area contributed by atoms with Crippen molar-refractivity contribution in [1.29, 1.82) is 0 Å². The molecule has 1 aromatic carbocycles. The molecule has 1 saturated carbocycles. The molecule has 1 N–H and O–H groups in total. The largest absolute Gasteiger partial charge is 0.314 e. The average Bonchev–Trinajstić information content (AvgIpc) is 3.24. The summed E-state index contributed by atoms with van der Waals surface area (Å²) in [6.07, 6.45) is 7.95. The van der Waals surface area contributed by atoms with E-state index in [9.17, 15) is 4.39 Å². The van der Waals surface area contributed by atoms with Gasteiger partial charge in [-0.1, -0.05) is 25.0 Å². The van der Waals surface area contributed by atoms with Crippen LogP contribution < -0.4 is 5.32 Å². The van der Waals surface area contributed by atoms with Gasteiger partial charge in [0.1, 0.15) is 5.82 Å². The molecule has 2 rings (SSSR count). The highest BCUT2D eigenvalue weighted by atomic mass is 19.1. The highest BCUT2D eigenvalue weighted by Crippen LogP contribution is 2.18. The summed E-state index contributed by atoms with van der Waals surface area (Å²) in [6.45, 7) is 3.22. The molecule has 0 bridgehead atoms. The van der Waals surface area contributed by atoms with Crippen molar-refractivity contribution in [1.82, 2.24) is 10.2 Å². The summed E-state index contributed by atoms with van der Waals surface area (Å²) >= 11 is 0. The van der Waals surface area contributed by atoms with Crippen molar-refractivity contribution in [2.75, 3.05) is 20.1 Å². The molecule has 0 atom stereocenters. The fourth-order valence-electron chi connectivity index (χ4n) is 2.43. The Bertz CT molecular complexity index is 373. The lowest BCUT2D eigenvalue weighted by atomic mass is 10.1. The average molecular weight is 278 g/mol. The predicted molar refractivity (Wildman–Crippen MR) is 82.2 cm³/mol. The minimum Gasteiger partial charge on any atom is -0.314 e. The molecule has 1 aliphatic carbocycles. The van der Waals surface area contributed by atoms with Crippen LogP contribution in [0.25, 0.3) is 0 Å². The molecule has 20 heavy (non-hydrogen) atoms. The Hall–Kier alpha value is -0.930. The molecular weight excluding hydrogens is 251 g/mol. The minimum atomic E-state index is -0.156. The van der Waals surface area contributed by atoms with E-state index in [0.717, 1.165) is 19.1 Å². The van der Waals surface area contributed by atoms with Crippen LogP contribution in [0.3, 0.4) is 0 Å². The maximum Gasteiger partial charge on any atom is 0.123 e. The van der Waals surface area contributed by atoms with Gasteiger partial charge < -0.3 is 10.2 Å². The lowest BCUT2D eigenvalue weighted by Gasteiger charge is -2.16. The molecule has 0 aromatic heterocycles. The van der Waals surface area contributed by atoms with Crippen LogP contribution in [-0.2, 0) is 6.54 Å². The Morgan fingerprint density at radius 2 is 1.80 bits per heavy atom. The first-order valence-corrected chi connectivity index (χ1v) is 7.90. The Morgan fingerprint density at radius 1 is 1.10 bits per heavy atom. The van der Waals surface area contributed by atoms with E-state index >= 15 is 0 Å². The van der Waals surface area contributed by atoms with Gasteiger partial charge in [0.25, 0.3) is 0 Å². The first kappa shape index (κ1) is 15.5. The second-order valence-electron chi connectivity index (χ2n) is 6.01. The summed E-state index contributed by atoms with van der Waals surface area (Å²) in [6, 6.07) is 7.66. The monoisotopic (exact) mass is 278 g/mol. The molecular formula is C17H27FN2. The van der Waals surface area contributed by atoms with Crippen molar-refractivity contribution < 1.29 is 4.39 Å². The highest BCUT2D eigenvalue weighted by Gasteiger charge is 2.19. The molecule has 1 aromatic rings. The Kier molecular flexibility index (Phi) is 6.48. The number of hydrogen-bond donors (Lipinski definition) is 1. The van der Waals surface area contributed by atoms with E-state index in [0.29, 0.717) is 0 Å². The maximum atomic E-state index is 12.8. The van der Waals surface area contributed by atoms with Crippen molar-refractivity contribution >= 4 is 0 Å². The first-order chi connectivity index (χ1) is 9.74. The molecule has 1 aliphatic rings. The van der Waals surface area contributed by atoms with E-state index in [1.807, 2.05) is 12.1 Å². The number of benzene rings is 1. The molecule has 0 amide bonds. The summed E-state index contributed by atoms with van der Waals surface area (Å²) in [5.74, 6) is -0.156. The van der Waals surface area contributed by atoms with E-state index in [2.05, 4.69) is 17.3 Å². The first-order valence-electron chi connectivity index (χ1n) is 7.90. The number of nitrogens with one attached hydrogen (secondary N) is 1. The number of rotatable bonds is 10. The summed E-state index contributed by atoms with van der Waals surface area (Å²) in [7, 11) is 2.14. The third kappa shape index (κ3) is 6.49. The topological polar surface area (TPSA) is 15.3 Å². The van der Waals surface area contributed by atoms with Crippen LogP contribution in [0.2, 0.25) is 0 Å². The van der Waals surface area contributed by atoms with E-state index in [1.54, 1.807) is 0 Å². The van der Waals surface area contributed by atoms with Gasteiger partial charge in [0.15, 0.2) is 0 Å². The fraction of sp³-hybridized carbons (Fsp3) is 0.647. The summed E-state index contributed by atoms with van der Waals surface area (Å²) < 4.78 is 12.8.